The number of nitrogens with one attached hydrogen (secondary N) is 1. The van der Waals surface area contributed by atoms with Crippen molar-refractivity contribution in [3.63, 3.8) is 0 Å². The van der Waals surface area contributed by atoms with Crippen LogP contribution in [-0.4, -0.2) is 16.5 Å². The minimum absolute atomic E-state index is 0.367. The van der Waals surface area contributed by atoms with Crippen molar-refractivity contribution in [2.75, 3.05) is 12.3 Å². The molecule has 0 saturated heterocycles. The number of nitrogens with two attached hydrogens (primary N) is 1. The highest BCUT2D eigenvalue weighted by molar-refractivity contribution is 5.45. The molecule has 4 heteroatoms. The van der Waals surface area contributed by atoms with E-state index in [1.165, 1.54) is 18.4 Å². The molecule has 1 aliphatic carbocycles. The molecule has 1 aromatic heterocycles. The van der Waals surface area contributed by atoms with Gasteiger partial charge in [0.05, 0.1) is 5.69 Å². The van der Waals surface area contributed by atoms with Crippen LogP contribution in [0.5, 0.6) is 0 Å². The lowest BCUT2D eigenvalue weighted by molar-refractivity contribution is 0.476. The van der Waals surface area contributed by atoms with E-state index in [0.717, 1.165) is 30.9 Å². The second-order valence-corrected chi connectivity index (χ2v) is 4.77. The Morgan fingerprint density at radius 1 is 1.38 bits per heavy atom. The molecule has 3 rings (SSSR count). The lowest BCUT2D eigenvalue weighted by atomic mass is 9.98. The van der Waals surface area contributed by atoms with Crippen LogP contribution in [0, 0.1) is 0 Å². The zero-order chi connectivity index (χ0) is 11.1. The van der Waals surface area contributed by atoms with Gasteiger partial charge in [-0.05, 0) is 25.7 Å². The second-order valence-electron chi connectivity index (χ2n) is 4.77. The maximum atomic E-state index is 6.05. The van der Waals surface area contributed by atoms with Gasteiger partial charge in [-0.3, -0.25) is 0 Å². The van der Waals surface area contributed by atoms with Gasteiger partial charge in [0, 0.05) is 24.1 Å². The predicted molar refractivity (Wildman–Crippen MR) is 63.2 cm³/mol. The molecule has 0 aromatic carbocycles. The maximum absolute atomic E-state index is 6.05. The molecule has 1 aromatic rings. The van der Waals surface area contributed by atoms with Crippen molar-refractivity contribution < 1.29 is 0 Å². The van der Waals surface area contributed by atoms with Gasteiger partial charge >= 0.3 is 0 Å². The maximum Gasteiger partial charge on any atom is 0.134 e. The number of nitrogen functional groups attached to an aromatic ring is 1. The van der Waals surface area contributed by atoms with E-state index in [2.05, 4.69) is 17.2 Å². The standard InChI is InChI=1S/C12H18N4/c1-2-9-10-8(5-6-14-9)11(13)16-12(15-10)7-3-4-7/h7,9,14H,2-6H2,1H3,(H2,13,15,16). The molecule has 1 unspecified atom stereocenters. The molecule has 0 radical (unpaired) electrons. The van der Waals surface area contributed by atoms with Crippen molar-refractivity contribution in [1.29, 1.82) is 0 Å². The largest absolute Gasteiger partial charge is 0.383 e. The number of fused-ring (bicyclic) bond motifs is 1. The smallest absolute Gasteiger partial charge is 0.134 e. The Morgan fingerprint density at radius 3 is 2.88 bits per heavy atom. The summed E-state index contributed by atoms with van der Waals surface area (Å²) in [5.74, 6) is 2.26. The third-order valence-electron chi connectivity index (χ3n) is 3.53. The quantitative estimate of drug-likeness (QED) is 0.790. The number of anilines is 1. The Morgan fingerprint density at radius 2 is 2.19 bits per heavy atom. The van der Waals surface area contributed by atoms with E-state index in [4.69, 9.17) is 10.7 Å². The molecular formula is C12H18N4. The molecule has 1 aliphatic heterocycles. The van der Waals surface area contributed by atoms with Gasteiger partial charge in [0.15, 0.2) is 0 Å². The van der Waals surface area contributed by atoms with Crippen LogP contribution >= 0.6 is 0 Å². The first-order chi connectivity index (χ1) is 7.79. The second kappa shape index (κ2) is 3.70. The Hall–Kier alpha value is -1.16. The van der Waals surface area contributed by atoms with Crippen LogP contribution in [0.25, 0.3) is 0 Å². The number of rotatable bonds is 2. The van der Waals surface area contributed by atoms with Crippen LogP contribution in [0.4, 0.5) is 5.82 Å². The van der Waals surface area contributed by atoms with Crippen molar-refractivity contribution in [1.82, 2.24) is 15.3 Å². The Bertz CT molecular complexity index is 412. The topological polar surface area (TPSA) is 63.8 Å². The van der Waals surface area contributed by atoms with E-state index < -0.39 is 0 Å². The van der Waals surface area contributed by atoms with Crippen LogP contribution in [0.3, 0.4) is 0 Å². The number of hydrogen-bond acceptors (Lipinski definition) is 4. The van der Waals surface area contributed by atoms with E-state index in [-0.39, 0.29) is 0 Å². The molecule has 16 heavy (non-hydrogen) atoms. The summed E-state index contributed by atoms with van der Waals surface area (Å²) >= 11 is 0. The SMILES string of the molecule is CCC1NCCc2c(N)nc(C3CC3)nc21. The van der Waals surface area contributed by atoms with Crippen molar-refractivity contribution in [2.24, 2.45) is 0 Å². The summed E-state index contributed by atoms with van der Waals surface area (Å²) in [5, 5.41) is 3.49. The molecule has 86 valence electrons. The van der Waals surface area contributed by atoms with Crippen LogP contribution in [0.15, 0.2) is 0 Å². The van der Waals surface area contributed by atoms with Gasteiger partial charge in [-0.25, -0.2) is 9.97 Å². The monoisotopic (exact) mass is 218 g/mol. The molecular weight excluding hydrogens is 200 g/mol. The molecule has 1 fully saturated rings. The number of hydrogen-bond donors (Lipinski definition) is 2. The number of nitrogens with zero attached hydrogens (tertiary/aromatic N) is 2. The summed E-state index contributed by atoms with van der Waals surface area (Å²) in [6.07, 6.45) is 4.47. The van der Waals surface area contributed by atoms with Crippen molar-refractivity contribution in [3.05, 3.63) is 17.1 Å². The zero-order valence-electron chi connectivity index (χ0n) is 9.66. The summed E-state index contributed by atoms with van der Waals surface area (Å²) in [4.78, 5) is 9.19. The lowest BCUT2D eigenvalue weighted by Gasteiger charge is -2.26. The molecule has 3 N–H and O–H groups in total. The van der Waals surface area contributed by atoms with Crippen LogP contribution in [0.2, 0.25) is 0 Å². The van der Waals surface area contributed by atoms with E-state index in [0.29, 0.717) is 17.8 Å². The number of aromatic nitrogens is 2. The molecule has 1 atom stereocenters. The normalized spacial score (nSPS) is 24.2. The van der Waals surface area contributed by atoms with Crippen molar-refractivity contribution in [3.8, 4) is 0 Å². The third-order valence-corrected chi connectivity index (χ3v) is 3.53. The molecule has 2 aliphatic rings. The molecule has 0 spiro atoms. The van der Waals surface area contributed by atoms with E-state index in [9.17, 15) is 0 Å². The minimum atomic E-state index is 0.367. The van der Waals surface area contributed by atoms with E-state index in [1.54, 1.807) is 0 Å². The summed E-state index contributed by atoms with van der Waals surface area (Å²) in [6, 6.07) is 0.367. The molecule has 4 nitrogen and oxygen atoms in total. The third kappa shape index (κ3) is 1.57. The first kappa shape index (κ1) is 10.0. The lowest BCUT2D eigenvalue weighted by Crippen LogP contribution is -2.31. The summed E-state index contributed by atoms with van der Waals surface area (Å²) in [7, 11) is 0. The van der Waals surface area contributed by atoms with Gasteiger partial charge in [0.1, 0.15) is 11.6 Å². The molecule has 0 bridgehead atoms. The highest BCUT2D eigenvalue weighted by atomic mass is 15.0. The van der Waals surface area contributed by atoms with Gasteiger partial charge < -0.3 is 11.1 Å². The van der Waals surface area contributed by atoms with Crippen LogP contribution in [0.1, 0.15) is 55.2 Å². The van der Waals surface area contributed by atoms with Crippen molar-refractivity contribution >= 4 is 5.82 Å². The predicted octanol–water partition coefficient (Wildman–Crippen LogP) is 1.53. The van der Waals surface area contributed by atoms with Gasteiger partial charge in [-0.1, -0.05) is 6.92 Å². The Balaban J connectivity index is 2.06. The first-order valence-corrected chi connectivity index (χ1v) is 6.19. The van der Waals surface area contributed by atoms with Crippen molar-refractivity contribution in [2.45, 2.75) is 44.6 Å². The first-order valence-electron chi connectivity index (χ1n) is 6.19. The van der Waals surface area contributed by atoms with Crippen LogP contribution in [-0.2, 0) is 6.42 Å². The Kier molecular flexibility index (Phi) is 2.32. The van der Waals surface area contributed by atoms with E-state index >= 15 is 0 Å². The summed E-state index contributed by atoms with van der Waals surface area (Å²) in [6.45, 7) is 3.17. The minimum Gasteiger partial charge on any atom is -0.383 e. The van der Waals surface area contributed by atoms with Crippen LogP contribution < -0.4 is 11.1 Å². The Labute approximate surface area is 95.7 Å². The average Bonchev–Trinajstić information content (AvgIpc) is 3.12. The summed E-state index contributed by atoms with van der Waals surface area (Å²) < 4.78 is 0. The van der Waals surface area contributed by atoms with Gasteiger partial charge in [0.25, 0.3) is 0 Å². The fourth-order valence-corrected chi connectivity index (χ4v) is 2.41. The highest BCUT2D eigenvalue weighted by Crippen LogP contribution is 2.39. The fraction of sp³-hybridized carbons (Fsp3) is 0.667. The summed E-state index contributed by atoms with van der Waals surface area (Å²) in [5.41, 5.74) is 8.38. The average molecular weight is 218 g/mol. The highest BCUT2D eigenvalue weighted by Gasteiger charge is 2.30. The molecule has 0 amide bonds. The van der Waals surface area contributed by atoms with Gasteiger partial charge in [-0.15, -0.1) is 0 Å². The molecule has 1 saturated carbocycles. The van der Waals surface area contributed by atoms with Gasteiger partial charge in [0.2, 0.25) is 0 Å². The fourth-order valence-electron chi connectivity index (χ4n) is 2.41. The molecule has 2 heterocycles. The zero-order valence-corrected chi connectivity index (χ0v) is 9.66. The van der Waals surface area contributed by atoms with E-state index in [1.807, 2.05) is 0 Å². The van der Waals surface area contributed by atoms with Gasteiger partial charge in [-0.2, -0.15) is 0 Å².